The number of primary amides is 1. The molecular formula is C11H20N2O4. The third-order valence-electron chi connectivity index (χ3n) is 2.42. The van der Waals surface area contributed by atoms with Crippen molar-refractivity contribution in [3.8, 4) is 0 Å². The Labute approximate surface area is 101 Å². The van der Waals surface area contributed by atoms with Crippen LogP contribution in [0, 0.1) is 0 Å². The summed E-state index contributed by atoms with van der Waals surface area (Å²) in [6.45, 7) is 6.21. The minimum atomic E-state index is -0.818. The van der Waals surface area contributed by atoms with E-state index in [2.05, 4.69) is 0 Å². The zero-order chi connectivity index (χ0) is 13.1. The zero-order valence-electron chi connectivity index (χ0n) is 10.6. The molecule has 0 aromatic rings. The lowest BCUT2D eigenvalue weighted by atomic mass is 10.2. The summed E-state index contributed by atoms with van der Waals surface area (Å²) in [5.74, 6) is 0. The smallest absolute Gasteiger partial charge is 0.410 e. The van der Waals surface area contributed by atoms with E-state index in [-0.39, 0.29) is 18.7 Å². The summed E-state index contributed by atoms with van der Waals surface area (Å²) < 4.78 is 10.00. The van der Waals surface area contributed by atoms with Crippen molar-refractivity contribution in [2.24, 2.45) is 5.73 Å². The van der Waals surface area contributed by atoms with Crippen LogP contribution >= 0.6 is 0 Å². The molecule has 1 heterocycles. The van der Waals surface area contributed by atoms with Crippen molar-refractivity contribution in [3.05, 3.63) is 0 Å². The van der Waals surface area contributed by atoms with Crippen LogP contribution in [0.2, 0.25) is 0 Å². The molecule has 0 radical (unpaired) electrons. The lowest BCUT2D eigenvalue weighted by Gasteiger charge is -2.28. The van der Waals surface area contributed by atoms with Crippen molar-refractivity contribution >= 4 is 12.2 Å². The average molecular weight is 244 g/mol. The van der Waals surface area contributed by atoms with Crippen LogP contribution in [-0.2, 0) is 9.47 Å². The van der Waals surface area contributed by atoms with Gasteiger partial charge in [-0.3, -0.25) is 0 Å². The third kappa shape index (κ3) is 4.50. The van der Waals surface area contributed by atoms with Crippen molar-refractivity contribution in [2.75, 3.05) is 13.2 Å². The molecule has 0 unspecified atom stereocenters. The largest absolute Gasteiger partial charge is 0.448 e. The number of nitrogens with two attached hydrogens (primary N) is 1. The van der Waals surface area contributed by atoms with Gasteiger partial charge in [-0.05, 0) is 33.6 Å². The number of amides is 2. The first-order valence-electron chi connectivity index (χ1n) is 5.71. The minimum Gasteiger partial charge on any atom is -0.448 e. The van der Waals surface area contributed by atoms with Gasteiger partial charge in [0.25, 0.3) is 0 Å². The first-order valence-corrected chi connectivity index (χ1v) is 5.71. The van der Waals surface area contributed by atoms with Crippen LogP contribution < -0.4 is 5.73 Å². The Balaban J connectivity index is 2.51. The molecule has 1 aliphatic heterocycles. The quantitative estimate of drug-likeness (QED) is 0.797. The van der Waals surface area contributed by atoms with Crippen LogP contribution in [0.25, 0.3) is 0 Å². The van der Waals surface area contributed by atoms with Crippen molar-refractivity contribution in [1.82, 2.24) is 4.90 Å². The molecule has 98 valence electrons. The molecule has 17 heavy (non-hydrogen) atoms. The fourth-order valence-electron chi connectivity index (χ4n) is 1.75. The Morgan fingerprint density at radius 1 is 1.41 bits per heavy atom. The molecule has 1 atom stereocenters. The molecule has 0 spiro atoms. The van der Waals surface area contributed by atoms with Gasteiger partial charge in [0.15, 0.2) is 0 Å². The Bertz CT molecular complexity index is 298. The summed E-state index contributed by atoms with van der Waals surface area (Å²) in [5, 5.41) is 0. The summed E-state index contributed by atoms with van der Waals surface area (Å²) in [7, 11) is 0. The molecule has 1 fully saturated rings. The normalized spacial score (nSPS) is 20.2. The maximum absolute atomic E-state index is 11.8. The molecule has 1 aliphatic rings. The molecule has 6 nitrogen and oxygen atoms in total. The highest BCUT2D eigenvalue weighted by molar-refractivity contribution is 5.69. The maximum atomic E-state index is 11.8. The van der Waals surface area contributed by atoms with Gasteiger partial charge in [0.05, 0.1) is 6.04 Å². The summed E-state index contributed by atoms with van der Waals surface area (Å²) in [5.41, 5.74) is 4.38. The number of nitrogens with zero attached hydrogens (tertiary/aromatic N) is 1. The van der Waals surface area contributed by atoms with E-state index in [1.54, 1.807) is 4.90 Å². The third-order valence-corrected chi connectivity index (χ3v) is 2.42. The highest BCUT2D eigenvalue weighted by Crippen LogP contribution is 2.20. The Morgan fingerprint density at radius 2 is 2.06 bits per heavy atom. The van der Waals surface area contributed by atoms with Gasteiger partial charge in [0.1, 0.15) is 12.2 Å². The van der Waals surface area contributed by atoms with Crippen molar-refractivity contribution in [1.29, 1.82) is 0 Å². The van der Waals surface area contributed by atoms with Crippen molar-refractivity contribution < 1.29 is 19.1 Å². The molecule has 2 N–H and O–H groups in total. The predicted octanol–water partition coefficient (Wildman–Crippen LogP) is 1.48. The van der Waals surface area contributed by atoms with E-state index in [9.17, 15) is 9.59 Å². The highest BCUT2D eigenvalue weighted by atomic mass is 16.6. The second kappa shape index (κ2) is 5.25. The van der Waals surface area contributed by atoms with Crippen LogP contribution in [0.3, 0.4) is 0 Å². The summed E-state index contributed by atoms with van der Waals surface area (Å²) in [4.78, 5) is 24.0. The number of rotatable bonds is 2. The second-order valence-electron chi connectivity index (χ2n) is 5.10. The molecular weight excluding hydrogens is 224 g/mol. The first kappa shape index (κ1) is 13.6. The van der Waals surface area contributed by atoms with Crippen LogP contribution in [-0.4, -0.2) is 41.9 Å². The standard InChI is InChI=1S/C11H20N2O4/c1-11(2,3)17-10(15)13-6-4-5-8(13)7-16-9(12)14/h8H,4-7H2,1-3H3,(H2,12,14)/t8-/m0/s1. The number of carbonyl (C=O) groups is 2. The van der Waals surface area contributed by atoms with E-state index in [0.717, 1.165) is 12.8 Å². The number of likely N-dealkylation sites (tertiary alicyclic amines) is 1. The van der Waals surface area contributed by atoms with Gasteiger partial charge in [-0.1, -0.05) is 0 Å². The monoisotopic (exact) mass is 244 g/mol. The second-order valence-corrected chi connectivity index (χ2v) is 5.10. The van der Waals surface area contributed by atoms with Gasteiger partial charge < -0.3 is 20.1 Å². The molecule has 6 heteroatoms. The number of carbonyl (C=O) groups excluding carboxylic acids is 2. The van der Waals surface area contributed by atoms with Gasteiger partial charge in [-0.2, -0.15) is 0 Å². The summed E-state index contributed by atoms with van der Waals surface area (Å²) >= 11 is 0. The molecule has 1 saturated heterocycles. The number of hydrogen-bond donors (Lipinski definition) is 1. The highest BCUT2D eigenvalue weighted by Gasteiger charge is 2.32. The van der Waals surface area contributed by atoms with E-state index in [1.807, 2.05) is 20.8 Å². The zero-order valence-corrected chi connectivity index (χ0v) is 10.6. The van der Waals surface area contributed by atoms with Crippen molar-refractivity contribution in [2.45, 2.75) is 45.3 Å². The molecule has 0 bridgehead atoms. The van der Waals surface area contributed by atoms with Gasteiger partial charge in [-0.15, -0.1) is 0 Å². The molecule has 2 amide bonds. The minimum absolute atomic E-state index is 0.127. The molecule has 1 rings (SSSR count). The Hall–Kier alpha value is -1.46. The topological polar surface area (TPSA) is 81.9 Å². The van der Waals surface area contributed by atoms with Gasteiger partial charge in [0.2, 0.25) is 0 Å². The first-order chi connectivity index (χ1) is 7.79. The molecule has 0 aliphatic carbocycles. The maximum Gasteiger partial charge on any atom is 0.410 e. The van der Waals surface area contributed by atoms with E-state index in [0.29, 0.717) is 6.54 Å². The fourth-order valence-corrected chi connectivity index (χ4v) is 1.75. The van der Waals surface area contributed by atoms with Crippen LogP contribution in [0.5, 0.6) is 0 Å². The lowest BCUT2D eigenvalue weighted by molar-refractivity contribution is 0.0163. The van der Waals surface area contributed by atoms with E-state index in [4.69, 9.17) is 15.2 Å². The van der Waals surface area contributed by atoms with Crippen LogP contribution in [0.4, 0.5) is 9.59 Å². The van der Waals surface area contributed by atoms with Crippen LogP contribution in [0.15, 0.2) is 0 Å². The fraction of sp³-hybridized carbons (Fsp3) is 0.818. The SMILES string of the molecule is CC(C)(C)OC(=O)N1CCC[C@H]1COC(N)=O. The summed E-state index contributed by atoms with van der Waals surface area (Å²) in [6.07, 6.45) is 0.493. The van der Waals surface area contributed by atoms with Crippen molar-refractivity contribution in [3.63, 3.8) is 0 Å². The Morgan fingerprint density at radius 3 is 2.59 bits per heavy atom. The lowest BCUT2D eigenvalue weighted by Crippen LogP contribution is -2.42. The van der Waals surface area contributed by atoms with E-state index >= 15 is 0 Å². The average Bonchev–Trinajstić information content (AvgIpc) is 2.59. The van der Waals surface area contributed by atoms with Crippen LogP contribution in [0.1, 0.15) is 33.6 Å². The summed E-state index contributed by atoms with van der Waals surface area (Å²) in [6, 6.07) is -0.127. The Kier molecular flexibility index (Phi) is 4.20. The predicted molar refractivity (Wildman–Crippen MR) is 61.5 cm³/mol. The van der Waals surface area contributed by atoms with E-state index in [1.165, 1.54) is 0 Å². The van der Waals surface area contributed by atoms with Gasteiger partial charge in [-0.25, -0.2) is 9.59 Å². The van der Waals surface area contributed by atoms with E-state index < -0.39 is 11.7 Å². The number of hydrogen-bond acceptors (Lipinski definition) is 4. The molecule has 0 aromatic carbocycles. The van der Waals surface area contributed by atoms with Gasteiger partial charge >= 0.3 is 12.2 Å². The molecule has 0 saturated carbocycles. The molecule has 0 aromatic heterocycles. The number of ether oxygens (including phenoxy) is 2. The van der Waals surface area contributed by atoms with Gasteiger partial charge in [0, 0.05) is 6.54 Å².